The van der Waals surface area contributed by atoms with Gasteiger partial charge in [0, 0.05) is 35.6 Å². The van der Waals surface area contributed by atoms with Crippen LogP contribution in [0.3, 0.4) is 0 Å². The van der Waals surface area contributed by atoms with Gasteiger partial charge in [0.1, 0.15) is 0 Å². The Kier molecular flexibility index (Phi) is 2.89. The molecule has 116 valence electrons. The highest BCUT2D eigenvalue weighted by atomic mass is 15.2. The van der Waals surface area contributed by atoms with E-state index in [1.807, 2.05) is 0 Å². The first-order chi connectivity index (χ1) is 11.4. The van der Waals surface area contributed by atoms with Gasteiger partial charge in [-0.1, -0.05) is 43.3 Å². The van der Waals surface area contributed by atoms with Crippen LogP contribution < -0.4 is 0 Å². The molecule has 0 saturated heterocycles. The number of hydrogen-bond donors (Lipinski definition) is 1. The lowest BCUT2D eigenvalue weighted by Gasteiger charge is -2.45. The summed E-state index contributed by atoms with van der Waals surface area (Å²) in [6.45, 7) is 4.58. The average molecular weight is 302 g/mol. The standard InChI is InChI=1S/C21H22N2/c1-2-10-23-13-14-6-3-4-7-16(14)21-17-8-5-9-18-20(17)15(12-22-18)11-19(21)23/h3-9,12,19,21-22H,2,10-11,13H2,1H3/t19-,21+/m1/s1. The molecule has 2 aliphatic rings. The third kappa shape index (κ3) is 1.85. The van der Waals surface area contributed by atoms with Crippen LogP contribution in [0.15, 0.2) is 48.7 Å². The van der Waals surface area contributed by atoms with Crippen LogP contribution in [0.2, 0.25) is 0 Å². The van der Waals surface area contributed by atoms with Gasteiger partial charge in [-0.15, -0.1) is 0 Å². The molecule has 2 atom stereocenters. The van der Waals surface area contributed by atoms with E-state index in [0.29, 0.717) is 12.0 Å². The van der Waals surface area contributed by atoms with Crippen molar-refractivity contribution >= 4 is 10.9 Å². The lowest BCUT2D eigenvalue weighted by atomic mass is 9.72. The Bertz CT molecular complexity index is 876. The van der Waals surface area contributed by atoms with E-state index in [1.54, 1.807) is 5.56 Å². The highest BCUT2D eigenvalue weighted by Gasteiger charge is 2.39. The van der Waals surface area contributed by atoms with Crippen LogP contribution in [0, 0.1) is 0 Å². The number of aromatic nitrogens is 1. The van der Waals surface area contributed by atoms with Gasteiger partial charge in [0.15, 0.2) is 0 Å². The van der Waals surface area contributed by atoms with Crippen molar-refractivity contribution in [1.82, 2.24) is 9.88 Å². The summed E-state index contributed by atoms with van der Waals surface area (Å²) in [6.07, 6.45) is 4.61. The SMILES string of the molecule is CCCN1Cc2ccccc2[C@H]2c3cccc4[nH]cc(c34)C[C@H]21. The summed E-state index contributed by atoms with van der Waals surface area (Å²) in [5.41, 5.74) is 7.36. The van der Waals surface area contributed by atoms with E-state index in [4.69, 9.17) is 0 Å². The molecule has 0 unspecified atom stereocenters. The maximum Gasteiger partial charge on any atom is 0.0459 e. The Hall–Kier alpha value is -2.06. The summed E-state index contributed by atoms with van der Waals surface area (Å²) in [5, 5.41) is 1.47. The number of hydrogen-bond acceptors (Lipinski definition) is 1. The molecule has 0 spiro atoms. The second-order valence-corrected chi connectivity index (χ2v) is 7.00. The van der Waals surface area contributed by atoms with Crippen molar-refractivity contribution in [3.8, 4) is 0 Å². The Morgan fingerprint density at radius 2 is 1.91 bits per heavy atom. The van der Waals surface area contributed by atoms with E-state index in [9.17, 15) is 0 Å². The molecule has 5 rings (SSSR count). The van der Waals surface area contributed by atoms with Crippen LogP contribution in [0.4, 0.5) is 0 Å². The first kappa shape index (κ1) is 13.4. The molecule has 1 N–H and O–H groups in total. The minimum Gasteiger partial charge on any atom is -0.361 e. The molecule has 3 aromatic rings. The van der Waals surface area contributed by atoms with Gasteiger partial charge < -0.3 is 4.98 Å². The number of aromatic amines is 1. The van der Waals surface area contributed by atoms with Crippen LogP contribution >= 0.6 is 0 Å². The van der Waals surface area contributed by atoms with E-state index in [0.717, 1.165) is 13.0 Å². The number of benzene rings is 2. The van der Waals surface area contributed by atoms with Gasteiger partial charge in [-0.2, -0.15) is 0 Å². The maximum absolute atomic E-state index is 3.48. The monoisotopic (exact) mass is 302 g/mol. The molecule has 2 heterocycles. The molecular formula is C21H22N2. The number of nitrogens with one attached hydrogen (secondary N) is 1. The average Bonchev–Trinajstić information content (AvgIpc) is 3.00. The maximum atomic E-state index is 3.48. The predicted octanol–water partition coefficient (Wildman–Crippen LogP) is 4.45. The quantitative estimate of drug-likeness (QED) is 0.741. The number of rotatable bonds is 2. The van der Waals surface area contributed by atoms with Crippen LogP contribution in [0.25, 0.3) is 10.9 Å². The van der Waals surface area contributed by atoms with Gasteiger partial charge in [-0.05, 0) is 47.7 Å². The van der Waals surface area contributed by atoms with E-state index in [-0.39, 0.29) is 0 Å². The molecule has 23 heavy (non-hydrogen) atoms. The molecule has 2 heteroatoms. The lowest BCUT2D eigenvalue weighted by Crippen LogP contribution is -2.46. The molecule has 0 amide bonds. The summed E-state index contributed by atoms with van der Waals surface area (Å²) in [7, 11) is 0. The first-order valence-corrected chi connectivity index (χ1v) is 8.77. The largest absolute Gasteiger partial charge is 0.361 e. The van der Waals surface area contributed by atoms with Crippen molar-refractivity contribution in [2.75, 3.05) is 6.54 Å². The normalized spacial score (nSPS) is 22.8. The molecular weight excluding hydrogens is 280 g/mol. The number of fused-ring (bicyclic) bond motifs is 4. The summed E-state index contributed by atoms with van der Waals surface area (Å²) in [6, 6.07) is 16.4. The van der Waals surface area contributed by atoms with E-state index in [1.165, 1.54) is 40.6 Å². The lowest BCUT2D eigenvalue weighted by molar-refractivity contribution is 0.153. The zero-order valence-corrected chi connectivity index (χ0v) is 13.5. The Morgan fingerprint density at radius 3 is 2.83 bits per heavy atom. The zero-order valence-electron chi connectivity index (χ0n) is 13.5. The van der Waals surface area contributed by atoms with E-state index in [2.05, 4.69) is 65.5 Å². The van der Waals surface area contributed by atoms with Gasteiger partial charge in [-0.25, -0.2) is 0 Å². The van der Waals surface area contributed by atoms with Gasteiger partial charge in [-0.3, -0.25) is 4.90 Å². The molecule has 0 bridgehead atoms. The fourth-order valence-electron chi connectivity index (χ4n) is 4.82. The van der Waals surface area contributed by atoms with Crippen LogP contribution in [0.1, 0.15) is 41.5 Å². The number of H-pyrrole nitrogens is 1. The Labute approximate surface area is 137 Å². The van der Waals surface area contributed by atoms with Crippen molar-refractivity contribution in [1.29, 1.82) is 0 Å². The molecule has 0 saturated carbocycles. The summed E-state index contributed by atoms with van der Waals surface area (Å²) < 4.78 is 0. The predicted molar refractivity (Wildman–Crippen MR) is 94.8 cm³/mol. The summed E-state index contributed by atoms with van der Waals surface area (Å²) in [5.74, 6) is 0.512. The van der Waals surface area contributed by atoms with Gasteiger partial charge >= 0.3 is 0 Å². The third-order valence-electron chi connectivity index (χ3n) is 5.71. The topological polar surface area (TPSA) is 19.0 Å². The Morgan fingerprint density at radius 1 is 1.04 bits per heavy atom. The first-order valence-electron chi connectivity index (χ1n) is 8.77. The fraction of sp³-hybridized carbons (Fsp3) is 0.333. The third-order valence-corrected chi connectivity index (χ3v) is 5.71. The molecule has 0 radical (unpaired) electrons. The van der Waals surface area contributed by atoms with Crippen molar-refractivity contribution < 1.29 is 0 Å². The fourth-order valence-corrected chi connectivity index (χ4v) is 4.82. The van der Waals surface area contributed by atoms with E-state index < -0.39 is 0 Å². The molecule has 0 fully saturated rings. The minimum absolute atomic E-state index is 0.512. The van der Waals surface area contributed by atoms with Crippen molar-refractivity contribution in [2.45, 2.75) is 38.3 Å². The number of nitrogens with zero attached hydrogens (tertiary/aromatic N) is 1. The Balaban J connectivity index is 1.76. The smallest absolute Gasteiger partial charge is 0.0459 e. The van der Waals surface area contributed by atoms with Crippen molar-refractivity contribution in [3.05, 3.63) is 70.9 Å². The van der Waals surface area contributed by atoms with Gasteiger partial charge in [0.2, 0.25) is 0 Å². The molecule has 2 aromatic carbocycles. The van der Waals surface area contributed by atoms with Crippen LogP contribution in [-0.2, 0) is 13.0 Å². The van der Waals surface area contributed by atoms with Crippen LogP contribution in [-0.4, -0.2) is 22.5 Å². The van der Waals surface area contributed by atoms with Crippen LogP contribution in [0.5, 0.6) is 0 Å². The minimum atomic E-state index is 0.512. The highest BCUT2D eigenvalue weighted by molar-refractivity contribution is 5.89. The van der Waals surface area contributed by atoms with Crippen molar-refractivity contribution in [3.63, 3.8) is 0 Å². The molecule has 1 aliphatic heterocycles. The summed E-state index contributed by atoms with van der Waals surface area (Å²) in [4.78, 5) is 6.19. The second-order valence-electron chi connectivity index (χ2n) is 7.00. The summed E-state index contributed by atoms with van der Waals surface area (Å²) >= 11 is 0. The second kappa shape index (κ2) is 4.97. The van der Waals surface area contributed by atoms with Gasteiger partial charge in [0.05, 0.1) is 0 Å². The van der Waals surface area contributed by atoms with Crippen molar-refractivity contribution in [2.24, 2.45) is 0 Å². The highest BCUT2D eigenvalue weighted by Crippen LogP contribution is 2.46. The molecule has 1 aromatic heterocycles. The zero-order chi connectivity index (χ0) is 15.4. The molecule has 1 aliphatic carbocycles. The van der Waals surface area contributed by atoms with E-state index >= 15 is 0 Å². The van der Waals surface area contributed by atoms with Gasteiger partial charge in [0.25, 0.3) is 0 Å². The molecule has 2 nitrogen and oxygen atoms in total.